The molecule has 1 saturated heterocycles. The first-order chi connectivity index (χ1) is 5.08. The van der Waals surface area contributed by atoms with E-state index in [1.165, 1.54) is 12.8 Å². The van der Waals surface area contributed by atoms with Crippen LogP contribution in [0.1, 0.15) is 12.8 Å². The van der Waals surface area contributed by atoms with Gasteiger partial charge in [0.25, 0.3) is 0 Å². The molecular weight excluding hydrogens is 150 g/mol. The minimum Gasteiger partial charge on any atom is -0.304 e. The van der Waals surface area contributed by atoms with E-state index in [9.17, 15) is 0 Å². The van der Waals surface area contributed by atoms with E-state index in [0.717, 1.165) is 6.54 Å². The van der Waals surface area contributed by atoms with Crippen molar-refractivity contribution in [3.8, 4) is 11.5 Å². The Morgan fingerprint density at radius 1 is 1.36 bits per heavy atom. The van der Waals surface area contributed by atoms with Crippen LogP contribution in [0.5, 0.6) is 0 Å². The van der Waals surface area contributed by atoms with Gasteiger partial charge >= 0.3 is 0 Å². The summed E-state index contributed by atoms with van der Waals surface area (Å²) >= 11 is 0. The summed E-state index contributed by atoms with van der Waals surface area (Å²) in [5, 5.41) is 3.38. The molecule has 1 heterocycles. The Morgan fingerprint density at radius 2 is 2.09 bits per heavy atom. The van der Waals surface area contributed by atoms with Crippen LogP contribution in [-0.2, 0) is 0 Å². The van der Waals surface area contributed by atoms with E-state index in [-0.39, 0.29) is 0 Å². The maximum atomic E-state index is 3.39. The number of hydrogen-bond donors (Lipinski definition) is 1. The van der Waals surface area contributed by atoms with Gasteiger partial charge in [-0.2, -0.15) is 0 Å². The van der Waals surface area contributed by atoms with Crippen LogP contribution in [0.15, 0.2) is 0 Å². The van der Waals surface area contributed by atoms with Crippen molar-refractivity contribution in [2.45, 2.75) is 38.5 Å². The third-order valence-electron chi connectivity index (χ3n) is 1.68. The van der Waals surface area contributed by atoms with Gasteiger partial charge in [-0.1, -0.05) is 25.6 Å². The zero-order valence-electron chi connectivity index (χ0n) is 7.70. The number of rotatable bonds is 0. The lowest BCUT2D eigenvalue weighted by molar-refractivity contribution is 0.749. The fourth-order valence-corrected chi connectivity index (χ4v) is 1.72. The first-order valence-electron chi connectivity index (χ1n) is 4.34. The topological polar surface area (TPSA) is 12.0 Å². The van der Waals surface area contributed by atoms with Crippen LogP contribution >= 0.6 is 0 Å². The van der Waals surface area contributed by atoms with E-state index in [1.807, 2.05) is 0 Å². The van der Waals surface area contributed by atoms with Crippen molar-refractivity contribution in [2.24, 2.45) is 0 Å². The minimum absolute atomic E-state index is 0.502. The molecule has 0 spiro atoms. The van der Waals surface area contributed by atoms with Gasteiger partial charge in [-0.25, -0.2) is 0 Å². The van der Waals surface area contributed by atoms with Crippen LogP contribution in [-0.4, -0.2) is 20.7 Å². The predicted molar refractivity (Wildman–Crippen MR) is 52.1 cm³/mol. The predicted octanol–water partition coefficient (Wildman–Crippen LogP) is 1.62. The van der Waals surface area contributed by atoms with Crippen LogP contribution in [0.4, 0.5) is 0 Å². The van der Waals surface area contributed by atoms with Gasteiger partial charge in [-0.15, -0.1) is 5.54 Å². The Morgan fingerprint density at radius 3 is 2.55 bits per heavy atom. The monoisotopic (exact) mass is 167 g/mol. The van der Waals surface area contributed by atoms with E-state index >= 15 is 0 Å². The summed E-state index contributed by atoms with van der Waals surface area (Å²) in [5.41, 5.74) is 3.39. The maximum absolute atomic E-state index is 3.39. The third-order valence-corrected chi connectivity index (χ3v) is 2.58. The average Bonchev–Trinajstić information content (AvgIpc) is 2.32. The van der Waals surface area contributed by atoms with Gasteiger partial charge in [0.05, 0.1) is 6.04 Å². The molecule has 0 radical (unpaired) electrons. The van der Waals surface area contributed by atoms with Gasteiger partial charge in [0, 0.05) is 0 Å². The van der Waals surface area contributed by atoms with E-state index < -0.39 is 8.07 Å². The maximum Gasteiger partial charge on any atom is 0.129 e. The molecule has 62 valence electrons. The summed E-state index contributed by atoms with van der Waals surface area (Å²) in [6.45, 7) is 8.02. The third kappa shape index (κ3) is 3.59. The Balaban J connectivity index is 2.42. The Hall–Kier alpha value is -0.263. The zero-order valence-corrected chi connectivity index (χ0v) is 8.70. The fraction of sp³-hybridized carbons (Fsp3) is 0.778. The summed E-state index contributed by atoms with van der Waals surface area (Å²) in [4.78, 5) is 0. The van der Waals surface area contributed by atoms with Crippen molar-refractivity contribution < 1.29 is 0 Å². The molecule has 1 atom stereocenters. The van der Waals surface area contributed by atoms with Crippen LogP contribution in [0, 0.1) is 11.5 Å². The standard InChI is InChI=1S/C9H17NSi/c1-11(2,3)8-6-9-5-4-7-10-9/h9-10H,4-5,7H2,1-3H3. The minimum atomic E-state index is -1.13. The van der Waals surface area contributed by atoms with Gasteiger partial charge in [-0.05, 0) is 19.4 Å². The zero-order chi connectivity index (χ0) is 8.32. The lowest BCUT2D eigenvalue weighted by Crippen LogP contribution is -2.22. The van der Waals surface area contributed by atoms with Gasteiger partial charge < -0.3 is 5.32 Å². The molecule has 0 saturated carbocycles. The largest absolute Gasteiger partial charge is 0.304 e. The summed E-state index contributed by atoms with van der Waals surface area (Å²) in [5.74, 6) is 3.32. The molecule has 0 aromatic carbocycles. The fourth-order valence-electron chi connectivity index (χ4n) is 1.11. The summed E-state index contributed by atoms with van der Waals surface area (Å²) in [6.07, 6.45) is 2.54. The number of hydrogen-bond acceptors (Lipinski definition) is 1. The lowest BCUT2D eigenvalue weighted by atomic mass is 10.2. The molecule has 2 heteroatoms. The van der Waals surface area contributed by atoms with Gasteiger partial charge in [0.15, 0.2) is 0 Å². The first kappa shape index (κ1) is 8.83. The molecule has 1 aliphatic rings. The van der Waals surface area contributed by atoms with Crippen molar-refractivity contribution in [3.63, 3.8) is 0 Å². The van der Waals surface area contributed by atoms with Gasteiger partial charge in [-0.3, -0.25) is 0 Å². The Labute approximate surface area is 70.6 Å². The van der Waals surface area contributed by atoms with Crippen LogP contribution < -0.4 is 5.32 Å². The van der Waals surface area contributed by atoms with Crippen molar-refractivity contribution in [3.05, 3.63) is 0 Å². The smallest absolute Gasteiger partial charge is 0.129 e. The second-order valence-corrected chi connectivity index (χ2v) is 8.92. The van der Waals surface area contributed by atoms with Gasteiger partial charge in [0.2, 0.25) is 0 Å². The second-order valence-electron chi connectivity index (χ2n) is 4.17. The molecule has 1 nitrogen and oxygen atoms in total. The average molecular weight is 167 g/mol. The molecule has 0 bridgehead atoms. The second kappa shape index (κ2) is 3.42. The van der Waals surface area contributed by atoms with Crippen molar-refractivity contribution in [1.82, 2.24) is 5.32 Å². The highest BCUT2D eigenvalue weighted by Crippen LogP contribution is 2.04. The molecule has 0 amide bonds. The van der Waals surface area contributed by atoms with E-state index in [4.69, 9.17) is 0 Å². The highest BCUT2D eigenvalue weighted by Gasteiger charge is 2.12. The van der Waals surface area contributed by atoms with Crippen molar-refractivity contribution in [1.29, 1.82) is 0 Å². The van der Waals surface area contributed by atoms with Crippen LogP contribution in [0.25, 0.3) is 0 Å². The summed E-state index contributed by atoms with van der Waals surface area (Å²) in [7, 11) is -1.13. The van der Waals surface area contributed by atoms with E-state index in [1.54, 1.807) is 0 Å². The quantitative estimate of drug-likeness (QED) is 0.427. The SMILES string of the molecule is C[Si](C)(C)C#CC1CCCN1. The molecule has 0 aliphatic carbocycles. The Kier molecular flexibility index (Phi) is 2.75. The van der Waals surface area contributed by atoms with E-state index in [2.05, 4.69) is 36.4 Å². The Bertz CT molecular complexity index is 176. The molecule has 1 fully saturated rings. The molecule has 1 unspecified atom stereocenters. The highest BCUT2D eigenvalue weighted by molar-refractivity contribution is 6.83. The first-order valence-corrected chi connectivity index (χ1v) is 7.84. The molecule has 0 aromatic rings. The number of nitrogens with one attached hydrogen (secondary N) is 1. The highest BCUT2D eigenvalue weighted by atomic mass is 28.3. The van der Waals surface area contributed by atoms with Gasteiger partial charge in [0.1, 0.15) is 8.07 Å². The summed E-state index contributed by atoms with van der Waals surface area (Å²) in [6, 6.07) is 0.502. The molecule has 0 aromatic heterocycles. The van der Waals surface area contributed by atoms with Crippen LogP contribution in [0.3, 0.4) is 0 Å². The van der Waals surface area contributed by atoms with Crippen LogP contribution in [0.2, 0.25) is 19.6 Å². The molecule has 1 rings (SSSR count). The summed E-state index contributed by atoms with van der Waals surface area (Å²) < 4.78 is 0. The molecule has 11 heavy (non-hydrogen) atoms. The molecular formula is C9H17NSi. The lowest BCUT2D eigenvalue weighted by Gasteiger charge is -2.05. The normalized spacial score (nSPS) is 24.5. The van der Waals surface area contributed by atoms with Crippen molar-refractivity contribution in [2.75, 3.05) is 6.54 Å². The molecule has 1 aliphatic heterocycles. The molecule has 1 N–H and O–H groups in total. The van der Waals surface area contributed by atoms with E-state index in [0.29, 0.717) is 6.04 Å². The van der Waals surface area contributed by atoms with Crippen molar-refractivity contribution >= 4 is 8.07 Å².